The molecule has 1 aromatic rings. The van der Waals surface area contributed by atoms with Gasteiger partial charge in [0.15, 0.2) is 5.13 Å². The number of rotatable bonds is 6. The van der Waals surface area contributed by atoms with Crippen LogP contribution in [0.5, 0.6) is 0 Å². The van der Waals surface area contributed by atoms with Gasteiger partial charge in [-0.3, -0.25) is 4.79 Å². The fourth-order valence-electron chi connectivity index (χ4n) is 2.69. The Balaban J connectivity index is 1.89. The molecule has 2 rings (SSSR count). The highest BCUT2D eigenvalue weighted by molar-refractivity contribution is 7.18. The van der Waals surface area contributed by atoms with Gasteiger partial charge in [-0.25, -0.2) is 4.98 Å². The minimum atomic E-state index is -0.0957. The number of hydrogen-bond acceptors (Lipinski definition) is 5. The molecule has 2 atom stereocenters. The molecule has 0 aliphatic heterocycles. The quantitative estimate of drug-likeness (QED) is 0.754. The number of aromatic nitrogens is 1. The van der Waals surface area contributed by atoms with E-state index < -0.39 is 0 Å². The molecule has 4 N–H and O–H groups in total. The largest absolute Gasteiger partial charge is 0.382 e. The molecule has 0 spiro atoms. The van der Waals surface area contributed by atoms with Crippen LogP contribution < -0.4 is 16.4 Å². The summed E-state index contributed by atoms with van der Waals surface area (Å²) in [6, 6.07) is 0. The predicted octanol–water partition coefficient (Wildman–Crippen LogP) is 2.96. The summed E-state index contributed by atoms with van der Waals surface area (Å²) in [6.45, 7) is 8.08. The first-order valence-electron chi connectivity index (χ1n) is 7.75. The van der Waals surface area contributed by atoms with Crippen LogP contribution in [-0.2, 0) is 0 Å². The van der Waals surface area contributed by atoms with E-state index in [1.165, 1.54) is 30.6 Å². The van der Waals surface area contributed by atoms with E-state index in [1.54, 1.807) is 0 Å². The average Bonchev–Trinajstić information content (AvgIpc) is 3.00. The van der Waals surface area contributed by atoms with Crippen molar-refractivity contribution in [1.29, 1.82) is 0 Å². The lowest BCUT2D eigenvalue weighted by Crippen LogP contribution is -2.30. The van der Waals surface area contributed by atoms with Crippen molar-refractivity contribution in [1.82, 2.24) is 10.3 Å². The molecule has 0 saturated heterocycles. The summed E-state index contributed by atoms with van der Waals surface area (Å²) in [7, 11) is 0. The topological polar surface area (TPSA) is 80.0 Å². The van der Waals surface area contributed by atoms with Gasteiger partial charge in [0.05, 0.1) is 0 Å². The Hall–Kier alpha value is -1.30. The molecule has 118 valence electrons. The first-order valence-corrected chi connectivity index (χ1v) is 8.57. The van der Waals surface area contributed by atoms with Gasteiger partial charge in [0, 0.05) is 13.1 Å². The van der Waals surface area contributed by atoms with E-state index in [-0.39, 0.29) is 5.91 Å². The molecule has 1 aromatic heterocycles. The average molecular weight is 310 g/mol. The molecule has 1 aliphatic rings. The third kappa shape index (κ3) is 4.33. The molecule has 21 heavy (non-hydrogen) atoms. The van der Waals surface area contributed by atoms with Gasteiger partial charge < -0.3 is 16.4 Å². The third-order valence-corrected chi connectivity index (χ3v) is 5.11. The highest BCUT2D eigenvalue weighted by atomic mass is 32.1. The molecule has 1 amide bonds. The highest BCUT2D eigenvalue weighted by Gasteiger charge is 2.24. The maximum Gasteiger partial charge on any atom is 0.265 e. The standard InChI is InChI=1S/C15H26N4OS/c1-9(2)7-18-15-19-13(16)12(21-15)14(20)17-8-11-6-4-5-10(11)3/h9-11H,4-8,16H2,1-3H3,(H,17,20)(H,18,19). The summed E-state index contributed by atoms with van der Waals surface area (Å²) in [4.78, 5) is 17.0. The minimum Gasteiger partial charge on any atom is -0.382 e. The number of amides is 1. The van der Waals surface area contributed by atoms with Crippen molar-refractivity contribution in [3.05, 3.63) is 4.88 Å². The van der Waals surface area contributed by atoms with Crippen LogP contribution in [-0.4, -0.2) is 24.0 Å². The molecule has 0 aromatic carbocycles. The van der Waals surface area contributed by atoms with E-state index in [4.69, 9.17) is 5.73 Å². The minimum absolute atomic E-state index is 0.0957. The molecule has 1 saturated carbocycles. The number of hydrogen-bond donors (Lipinski definition) is 3. The first kappa shape index (κ1) is 16.1. The summed E-state index contributed by atoms with van der Waals surface area (Å²) in [5.74, 6) is 2.05. The number of nitrogens with one attached hydrogen (secondary N) is 2. The number of nitrogens with zero attached hydrogens (tertiary/aromatic N) is 1. The molecule has 0 radical (unpaired) electrons. The maximum absolute atomic E-state index is 12.2. The summed E-state index contributed by atoms with van der Waals surface area (Å²) in [6.07, 6.45) is 3.75. The second kappa shape index (κ2) is 7.11. The van der Waals surface area contributed by atoms with Crippen LogP contribution in [0.3, 0.4) is 0 Å². The van der Waals surface area contributed by atoms with Crippen LogP contribution in [0.4, 0.5) is 10.9 Å². The molecular formula is C15H26N4OS. The second-order valence-corrected chi connectivity index (χ2v) is 7.39. The summed E-state index contributed by atoms with van der Waals surface area (Å²) >= 11 is 1.33. The number of thiazole rings is 1. The molecule has 5 nitrogen and oxygen atoms in total. The Morgan fingerprint density at radius 3 is 2.86 bits per heavy atom. The van der Waals surface area contributed by atoms with Crippen molar-refractivity contribution in [3.8, 4) is 0 Å². The molecule has 6 heteroatoms. The van der Waals surface area contributed by atoms with Gasteiger partial charge >= 0.3 is 0 Å². The zero-order valence-electron chi connectivity index (χ0n) is 13.1. The lowest BCUT2D eigenvalue weighted by molar-refractivity contribution is 0.0949. The van der Waals surface area contributed by atoms with Crippen molar-refractivity contribution < 1.29 is 4.79 Å². The first-order chi connectivity index (χ1) is 9.97. The number of nitrogens with two attached hydrogens (primary N) is 1. The molecule has 1 aliphatic carbocycles. The van der Waals surface area contributed by atoms with Crippen LogP contribution in [0.2, 0.25) is 0 Å². The van der Waals surface area contributed by atoms with E-state index in [9.17, 15) is 4.79 Å². The Bertz CT molecular complexity index is 486. The Morgan fingerprint density at radius 2 is 2.24 bits per heavy atom. The number of carbonyl (C=O) groups is 1. The van der Waals surface area contributed by atoms with Crippen molar-refractivity contribution in [2.75, 3.05) is 24.1 Å². The molecule has 1 heterocycles. The highest BCUT2D eigenvalue weighted by Crippen LogP contribution is 2.31. The van der Waals surface area contributed by atoms with E-state index >= 15 is 0 Å². The summed E-state index contributed by atoms with van der Waals surface area (Å²) in [5.41, 5.74) is 5.86. The molecular weight excluding hydrogens is 284 g/mol. The second-order valence-electron chi connectivity index (χ2n) is 6.39. The maximum atomic E-state index is 12.2. The normalized spacial score (nSPS) is 21.7. The lowest BCUT2D eigenvalue weighted by atomic mass is 9.98. The monoisotopic (exact) mass is 310 g/mol. The van der Waals surface area contributed by atoms with Crippen LogP contribution in [0, 0.1) is 17.8 Å². The number of nitrogen functional groups attached to an aromatic ring is 1. The van der Waals surface area contributed by atoms with E-state index in [0.29, 0.717) is 28.4 Å². The Labute approximate surface area is 130 Å². The van der Waals surface area contributed by atoms with Gasteiger partial charge in [-0.1, -0.05) is 44.9 Å². The molecule has 1 fully saturated rings. The van der Waals surface area contributed by atoms with Gasteiger partial charge in [0.25, 0.3) is 5.91 Å². The van der Waals surface area contributed by atoms with Gasteiger partial charge in [-0.05, 0) is 24.2 Å². The zero-order chi connectivity index (χ0) is 15.4. The van der Waals surface area contributed by atoms with Crippen LogP contribution in [0.1, 0.15) is 49.7 Å². The van der Waals surface area contributed by atoms with Gasteiger partial charge in [-0.15, -0.1) is 0 Å². The van der Waals surface area contributed by atoms with E-state index in [1.807, 2.05) is 0 Å². The fourth-order valence-corrected chi connectivity index (χ4v) is 3.50. The lowest BCUT2D eigenvalue weighted by Gasteiger charge is -2.15. The van der Waals surface area contributed by atoms with E-state index in [0.717, 1.165) is 18.2 Å². The zero-order valence-corrected chi connectivity index (χ0v) is 13.9. The number of anilines is 2. The Kier molecular flexibility index (Phi) is 5.45. The fraction of sp³-hybridized carbons (Fsp3) is 0.733. The molecule has 0 bridgehead atoms. The van der Waals surface area contributed by atoms with E-state index in [2.05, 4.69) is 36.4 Å². The van der Waals surface area contributed by atoms with Crippen molar-refractivity contribution in [2.45, 2.75) is 40.0 Å². The molecule has 2 unspecified atom stereocenters. The van der Waals surface area contributed by atoms with Gasteiger partial charge in [0.2, 0.25) is 0 Å². The Morgan fingerprint density at radius 1 is 1.48 bits per heavy atom. The number of carbonyl (C=O) groups excluding carboxylic acids is 1. The van der Waals surface area contributed by atoms with Gasteiger partial charge in [-0.2, -0.15) is 0 Å². The summed E-state index contributed by atoms with van der Waals surface area (Å²) < 4.78 is 0. The van der Waals surface area contributed by atoms with Crippen molar-refractivity contribution in [3.63, 3.8) is 0 Å². The summed E-state index contributed by atoms with van der Waals surface area (Å²) in [5, 5.41) is 6.95. The smallest absolute Gasteiger partial charge is 0.265 e. The SMILES string of the molecule is CC(C)CNc1nc(N)c(C(=O)NCC2CCCC2C)s1. The van der Waals surface area contributed by atoms with Crippen LogP contribution in [0.15, 0.2) is 0 Å². The van der Waals surface area contributed by atoms with Crippen LogP contribution in [0.25, 0.3) is 0 Å². The van der Waals surface area contributed by atoms with Crippen LogP contribution >= 0.6 is 11.3 Å². The third-order valence-electron chi connectivity index (χ3n) is 4.09. The predicted molar refractivity (Wildman–Crippen MR) is 88.7 cm³/mol. The van der Waals surface area contributed by atoms with Crippen molar-refractivity contribution in [2.24, 2.45) is 17.8 Å². The van der Waals surface area contributed by atoms with Gasteiger partial charge in [0.1, 0.15) is 10.7 Å². The van der Waals surface area contributed by atoms with Crippen molar-refractivity contribution >= 4 is 28.2 Å².